The molecule has 19 heavy (non-hydrogen) atoms. The van der Waals surface area contributed by atoms with Crippen molar-refractivity contribution >= 4 is 5.91 Å². The number of rotatable bonds is 10. The Labute approximate surface area is 118 Å². The molecule has 0 rings (SSSR count). The SMILES string of the molecule is C=CC(N)=O.CCCCC(CC)C(OCC)OCC. The van der Waals surface area contributed by atoms with Crippen molar-refractivity contribution in [3.8, 4) is 0 Å². The van der Waals surface area contributed by atoms with Gasteiger partial charge in [0.15, 0.2) is 6.29 Å². The molecule has 0 aliphatic rings. The lowest BCUT2D eigenvalue weighted by atomic mass is 9.99. The van der Waals surface area contributed by atoms with Crippen molar-refractivity contribution in [1.82, 2.24) is 0 Å². The van der Waals surface area contributed by atoms with E-state index in [-0.39, 0.29) is 6.29 Å². The number of carbonyl (C=O) groups excluding carboxylic acids is 1. The van der Waals surface area contributed by atoms with Crippen LogP contribution in [0.5, 0.6) is 0 Å². The summed E-state index contributed by atoms with van der Waals surface area (Å²) >= 11 is 0. The topological polar surface area (TPSA) is 61.6 Å². The Morgan fingerprint density at radius 1 is 1.21 bits per heavy atom. The largest absolute Gasteiger partial charge is 0.366 e. The van der Waals surface area contributed by atoms with E-state index < -0.39 is 5.91 Å². The maximum atomic E-state index is 9.47. The fraction of sp³-hybridized carbons (Fsp3) is 0.800. The lowest BCUT2D eigenvalue weighted by Crippen LogP contribution is -2.27. The van der Waals surface area contributed by atoms with Gasteiger partial charge in [0, 0.05) is 19.1 Å². The molecular weight excluding hydrogens is 242 g/mol. The molecule has 0 bridgehead atoms. The summed E-state index contributed by atoms with van der Waals surface area (Å²) in [6.45, 7) is 13.1. The van der Waals surface area contributed by atoms with Crippen molar-refractivity contribution < 1.29 is 14.3 Å². The molecule has 114 valence electrons. The van der Waals surface area contributed by atoms with E-state index in [0.717, 1.165) is 25.7 Å². The monoisotopic (exact) mass is 273 g/mol. The molecule has 0 aromatic rings. The van der Waals surface area contributed by atoms with Gasteiger partial charge in [-0.3, -0.25) is 4.79 Å². The fourth-order valence-corrected chi connectivity index (χ4v) is 1.65. The maximum absolute atomic E-state index is 9.47. The quantitative estimate of drug-likeness (QED) is 0.491. The van der Waals surface area contributed by atoms with Crippen LogP contribution >= 0.6 is 0 Å². The third-order valence-electron chi connectivity index (χ3n) is 2.70. The van der Waals surface area contributed by atoms with Gasteiger partial charge in [-0.1, -0.05) is 33.3 Å². The van der Waals surface area contributed by atoms with Crippen LogP contribution in [0, 0.1) is 5.92 Å². The Morgan fingerprint density at radius 3 is 1.95 bits per heavy atom. The normalized spacial score (nSPS) is 11.6. The summed E-state index contributed by atoms with van der Waals surface area (Å²) in [5.41, 5.74) is 4.53. The highest BCUT2D eigenvalue weighted by molar-refractivity contribution is 5.84. The van der Waals surface area contributed by atoms with Crippen LogP contribution in [0.2, 0.25) is 0 Å². The molecule has 4 heteroatoms. The van der Waals surface area contributed by atoms with E-state index in [4.69, 9.17) is 9.47 Å². The molecule has 0 aliphatic heterocycles. The molecule has 0 heterocycles. The Kier molecular flexibility index (Phi) is 16.3. The standard InChI is InChI=1S/C12H26O2.C3H5NO/c1-5-9-10-11(6-2)12(13-7-3)14-8-4;1-2-3(4)5/h11-12H,5-10H2,1-4H3;2H,1H2,(H2,4,5). The molecule has 0 fully saturated rings. The first-order chi connectivity index (χ1) is 9.06. The second-order valence-electron chi connectivity index (χ2n) is 4.20. The minimum atomic E-state index is -0.481. The van der Waals surface area contributed by atoms with Crippen LogP contribution < -0.4 is 5.73 Å². The molecule has 0 saturated heterocycles. The van der Waals surface area contributed by atoms with Crippen molar-refractivity contribution in [3.63, 3.8) is 0 Å². The van der Waals surface area contributed by atoms with Crippen LogP contribution in [0.3, 0.4) is 0 Å². The van der Waals surface area contributed by atoms with Gasteiger partial charge in [-0.2, -0.15) is 0 Å². The van der Waals surface area contributed by atoms with Gasteiger partial charge in [0.05, 0.1) is 0 Å². The first kappa shape index (κ1) is 20.4. The second-order valence-corrected chi connectivity index (χ2v) is 4.20. The molecule has 1 atom stereocenters. The van der Waals surface area contributed by atoms with Crippen molar-refractivity contribution in [2.24, 2.45) is 11.7 Å². The highest BCUT2D eigenvalue weighted by Gasteiger charge is 2.19. The predicted octanol–water partition coefficient (Wildman–Crippen LogP) is 3.26. The van der Waals surface area contributed by atoms with Crippen molar-refractivity contribution in [2.45, 2.75) is 59.7 Å². The van der Waals surface area contributed by atoms with Crippen LogP contribution in [0.4, 0.5) is 0 Å². The minimum absolute atomic E-state index is 0.0153. The van der Waals surface area contributed by atoms with Gasteiger partial charge in [-0.15, -0.1) is 0 Å². The van der Waals surface area contributed by atoms with Gasteiger partial charge in [-0.05, 0) is 32.8 Å². The minimum Gasteiger partial charge on any atom is -0.366 e. The summed E-state index contributed by atoms with van der Waals surface area (Å²) in [5.74, 6) is 0.0832. The summed E-state index contributed by atoms with van der Waals surface area (Å²) < 4.78 is 11.2. The van der Waals surface area contributed by atoms with Gasteiger partial charge in [-0.25, -0.2) is 0 Å². The Morgan fingerprint density at radius 2 is 1.68 bits per heavy atom. The summed E-state index contributed by atoms with van der Waals surface area (Å²) in [6.07, 6.45) is 5.96. The number of nitrogens with two attached hydrogens (primary N) is 1. The predicted molar refractivity (Wildman–Crippen MR) is 79.7 cm³/mol. The third kappa shape index (κ3) is 13.4. The smallest absolute Gasteiger partial charge is 0.240 e. The maximum Gasteiger partial charge on any atom is 0.240 e. The zero-order valence-corrected chi connectivity index (χ0v) is 13.0. The lowest BCUT2D eigenvalue weighted by Gasteiger charge is -2.25. The van der Waals surface area contributed by atoms with Gasteiger partial charge in [0.2, 0.25) is 5.91 Å². The van der Waals surface area contributed by atoms with E-state index in [1.54, 1.807) is 0 Å². The molecule has 1 amide bonds. The zero-order valence-electron chi connectivity index (χ0n) is 13.0. The van der Waals surface area contributed by atoms with Crippen molar-refractivity contribution in [1.29, 1.82) is 0 Å². The summed E-state index contributed by atoms with van der Waals surface area (Å²) in [4.78, 5) is 9.47. The van der Waals surface area contributed by atoms with E-state index in [9.17, 15) is 4.79 Å². The third-order valence-corrected chi connectivity index (χ3v) is 2.70. The fourth-order valence-electron chi connectivity index (χ4n) is 1.65. The van der Waals surface area contributed by atoms with Gasteiger partial charge < -0.3 is 15.2 Å². The molecular formula is C15H31NO3. The Hall–Kier alpha value is -0.870. The van der Waals surface area contributed by atoms with Crippen LogP contribution in [0.1, 0.15) is 53.4 Å². The first-order valence-electron chi connectivity index (χ1n) is 7.22. The molecule has 4 nitrogen and oxygen atoms in total. The summed E-state index contributed by atoms with van der Waals surface area (Å²) in [7, 11) is 0. The highest BCUT2D eigenvalue weighted by atomic mass is 16.7. The molecule has 0 spiro atoms. The van der Waals surface area contributed by atoms with Crippen LogP contribution in [-0.2, 0) is 14.3 Å². The van der Waals surface area contributed by atoms with Gasteiger partial charge >= 0.3 is 0 Å². The number of amides is 1. The summed E-state index contributed by atoms with van der Waals surface area (Å²) in [6, 6.07) is 0. The Balaban J connectivity index is 0. The van der Waals surface area contributed by atoms with Crippen LogP contribution in [0.25, 0.3) is 0 Å². The Bertz CT molecular complexity index is 213. The number of primary amides is 1. The van der Waals surface area contributed by atoms with Gasteiger partial charge in [0.25, 0.3) is 0 Å². The molecule has 2 N–H and O–H groups in total. The van der Waals surface area contributed by atoms with E-state index in [2.05, 4.69) is 26.2 Å². The van der Waals surface area contributed by atoms with E-state index in [1.807, 2.05) is 13.8 Å². The number of hydrogen-bond acceptors (Lipinski definition) is 3. The molecule has 1 unspecified atom stereocenters. The number of ether oxygens (including phenoxy) is 2. The molecule has 0 aromatic carbocycles. The zero-order chi connectivity index (χ0) is 15.1. The molecule has 0 radical (unpaired) electrons. The lowest BCUT2D eigenvalue weighted by molar-refractivity contribution is -0.169. The molecule has 0 aromatic heterocycles. The van der Waals surface area contributed by atoms with E-state index >= 15 is 0 Å². The van der Waals surface area contributed by atoms with Crippen LogP contribution in [0.15, 0.2) is 12.7 Å². The first-order valence-corrected chi connectivity index (χ1v) is 7.22. The van der Waals surface area contributed by atoms with E-state index in [0.29, 0.717) is 5.92 Å². The summed E-state index contributed by atoms with van der Waals surface area (Å²) in [5, 5.41) is 0. The van der Waals surface area contributed by atoms with Crippen molar-refractivity contribution in [2.75, 3.05) is 13.2 Å². The number of hydrogen-bond donors (Lipinski definition) is 1. The van der Waals surface area contributed by atoms with E-state index in [1.165, 1.54) is 19.3 Å². The average molecular weight is 273 g/mol. The highest BCUT2D eigenvalue weighted by Crippen LogP contribution is 2.20. The van der Waals surface area contributed by atoms with Crippen molar-refractivity contribution in [3.05, 3.63) is 12.7 Å². The average Bonchev–Trinajstić information content (AvgIpc) is 2.40. The number of carbonyl (C=O) groups is 1. The van der Waals surface area contributed by atoms with Crippen LogP contribution in [-0.4, -0.2) is 25.4 Å². The molecule has 0 saturated carbocycles. The number of unbranched alkanes of at least 4 members (excludes halogenated alkanes) is 1. The van der Waals surface area contributed by atoms with Gasteiger partial charge in [0.1, 0.15) is 0 Å². The second kappa shape index (κ2) is 15.2. The molecule has 0 aliphatic carbocycles.